The summed E-state index contributed by atoms with van der Waals surface area (Å²) in [7, 11) is 0. The average Bonchev–Trinajstić information content (AvgIpc) is 3.50. The summed E-state index contributed by atoms with van der Waals surface area (Å²) in [5.41, 5.74) is 3.50. The molecule has 2 aliphatic heterocycles. The fourth-order valence-electron chi connectivity index (χ4n) is 4.66. The van der Waals surface area contributed by atoms with Crippen LogP contribution >= 0.6 is 23.1 Å². The van der Waals surface area contributed by atoms with E-state index in [2.05, 4.69) is 45.4 Å². The van der Waals surface area contributed by atoms with Gasteiger partial charge in [-0.25, -0.2) is 4.98 Å². The van der Waals surface area contributed by atoms with E-state index in [1.54, 1.807) is 0 Å². The van der Waals surface area contributed by atoms with Crippen LogP contribution in [0, 0.1) is 6.92 Å². The predicted molar refractivity (Wildman–Crippen MR) is 135 cm³/mol. The molecule has 2 fully saturated rings. The Morgan fingerprint density at radius 1 is 1.06 bits per heavy atom. The van der Waals surface area contributed by atoms with Crippen molar-refractivity contribution in [3.63, 3.8) is 0 Å². The van der Waals surface area contributed by atoms with Crippen molar-refractivity contribution in [2.45, 2.75) is 32.2 Å². The zero-order valence-corrected chi connectivity index (χ0v) is 20.4. The molecule has 0 spiro atoms. The van der Waals surface area contributed by atoms with E-state index in [-0.39, 0.29) is 11.9 Å². The largest absolute Gasteiger partial charge is 0.367 e. The maximum Gasteiger partial charge on any atom is 0.245 e. The standard InChI is InChI=1S/C25H28ClN5OS/c1-18-8-10-19(11-9-18)17-23-27-25(33-28-23)31-12-4-7-22(31)24(32)30-15-13-29(14-16-30)21-6-3-2-5-20(21)26/h2-3,5-6,8-11,22H,4,7,12-17H2,1H3. The number of aryl methyl sites for hydroxylation is 1. The van der Waals surface area contributed by atoms with Crippen LogP contribution in [0.5, 0.6) is 0 Å². The van der Waals surface area contributed by atoms with Gasteiger partial charge < -0.3 is 14.7 Å². The van der Waals surface area contributed by atoms with Gasteiger partial charge in [-0.1, -0.05) is 53.6 Å². The molecule has 6 nitrogen and oxygen atoms in total. The van der Waals surface area contributed by atoms with Gasteiger partial charge in [0.05, 0.1) is 10.7 Å². The topological polar surface area (TPSA) is 52.6 Å². The summed E-state index contributed by atoms with van der Waals surface area (Å²) in [6, 6.07) is 16.2. The van der Waals surface area contributed by atoms with Gasteiger partial charge in [0.15, 0.2) is 0 Å². The minimum Gasteiger partial charge on any atom is -0.367 e. The molecule has 0 saturated carbocycles. The number of aromatic nitrogens is 2. The molecule has 2 aliphatic rings. The third-order valence-electron chi connectivity index (χ3n) is 6.51. The van der Waals surface area contributed by atoms with Crippen LogP contribution in [0.15, 0.2) is 48.5 Å². The Hall–Kier alpha value is -2.64. The van der Waals surface area contributed by atoms with Gasteiger partial charge in [0.1, 0.15) is 11.9 Å². The number of para-hydroxylation sites is 1. The van der Waals surface area contributed by atoms with Crippen molar-refractivity contribution in [3.05, 3.63) is 70.5 Å². The zero-order valence-electron chi connectivity index (χ0n) is 18.8. The van der Waals surface area contributed by atoms with E-state index in [0.29, 0.717) is 19.5 Å². The quantitative estimate of drug-likeness (QED) is 0.540. The zero-order chi connectivity index (χ0) is 22.8. The molecule has 1 amide bonds. The first-order valence-electron chi connectivity index (χ1n) is 11.5. The number of piperazine rings is 1. The summed E-state index contributed by atoms with van der Waals surface area (Å²) in [6.45, 7) is 5.95. The molecule has 0 aliphatic carbocycles. The monoisotopic (exact) mass is 481 g/mol. The van der Waals surface area contributed by atoms with Gasteiger partial charge in [-0.05, 0) is 37.5 Å². The van der Waals surface area contributed by atoms with Crippen molar-refractivity contribution in [2.75, 3.05) is 42.5 Å². The van der Waals surface area contributed by atoms with Crippen LogP contribution in [0.4, 0.5) is 10.8 Å². The molecule has 0 radical (unpaired) electrons. The Morgan fingerprint density at radius 2 is 1.82 bits per heavy atom. The van der Waals surface area contributed by atoms with Crippen molar-refractivity contribution in [3.8, 4) is 0 Å². The molecule has 3 heterocycles. The normalized spacial score (nSPS) is 18.7. The molecular weight excluding hydrogens is 454 g/mol. The number of benzene rings is 2. The molecule has 33 heavy (non-hydrogen) atoms. The molecule has 1 unspecified atom stereocenters. The second-order valence-electron chi connectivity index (χ2n) is 8.77. The molecule has 172 valence electrons. The predicted octanol–water partition coefficient (Wildman–Crippen LogP) is 4.41. The lowest BCUT2D eigenvalue weighted by Gasteiger charge is -2.38. The number of halogens is 1. The number of carbonyl (C=O) groups is 1. The highest BCUT2D eigenvalue weighted by Crippen LogP contribution is 2.30. The number of hydrogen-bond donors (Lipinski definition) is 0. The number of hydrogen-bond acceptors (Lipinski definition) is 6. The molecule has 3 aromatic rings. The third kappa shape index (κ3) is 4.84. The molecule has 5 rings (SSSR count). The fraction of sp³-hybridized carbons (Fsp3) is 0.400. The van der Waals surface area contributed by atoms with Crippen LogP contribution in [-0.4, -0.2) is 58.9 Å². The highest BCUT2D eigenvalue weighted by Gasteiger charge is 2.36. The van der Waals surface area contributed by atoms with Crippen molar-refractivity contribution < 1.29 is 4.79 Å². The molecular formula is C25H28ClN5OS. The molecule has 8 heteroatoms. The lowest BCUT2D eigenvalue weighted by Crippen LogP contribution is -2.54. The second kappa shape index (κ2) is 9.69. The summed E-state index contributed by atoms with van der Waals surface area (Å²) in [6.07, 6.45) is 2.59. The van der Waals surface area contributed by atoms with E-state index >= 15 is 0 Å². The van der Waals surface area contributed by atoms with Crippen molar-refractivity contribution in [1.29, 1.82) is 0 Å². The van der Waals surface area contributed by atoms with E-state index in [0.717, 1.165) is 54.1 Å². The first-order chi connectivity index (χ1) is 16.1. The number of rotatable bonds is 5. The van der Waals surface area contributed by atoms with Gasteiger partial charge in [0.2, 0.25) is 11.0 Å². The SMILES string of the molecule is Cc1ccc(Cc2nsc(N3CCCC3C(=O)N3CCN(c4ccccc4Cl)CC3)n2)cc1. The molecule has 2 saturated heterocycles. The van der Waals surface area contributed by atoms with E-state index < -0.39 is 0 Å². The number of anilines is 2. The molecule has 0 bridgehead atoms. The van der Waals surface area contributed by atoms with Gasteiger partial charge in [-0.3, -0.25) is 4.79 Å². The molecule has 1 aromatic heterocycles. The van der Waals surface area contributed by atoms with E-state index in [9.17, 15) is 4.79 Å². The maximum absolute atomic E-state index is 13.4. The van der Waals surface area contributed by atoms with Gasteiger partial charge in [-0.15, -0.1) is 0 Å². The summed E-state index contributed by atoms with van der Waals surface area (Å²) in [5.74, 6) is 1.03. The van der Waals surface area contributed by atoms with Gasteiger partial charge in [-0.2, -0.15) is 4.37 Å². The van der Waals surface area contributed by atoms with Crippen molar-refractivity contribution in [2.24, 2.45) is 0 Å². The minimum atomic E-state index is -0.142. The summed E-state index contributed by atoms with van der Waals surface area (Å²) in [4.78, 5) is 24.6. The second-order valence-corrected chi connectivity index (χ2v) is 9.91. The molecule has 2 aromatic carbocycles. The van der Waals surface area contributed by atoms with Crippen LogP contribution in [0.2, 0.25) is 5.02 Å². The van der Waals surface area contributed by atoms with E-state index in [1.165, 1.54) is 22.7 Å². The van der Waals surface area contributed by atoms with Crippen molar-refractivity contribution in [1.82, 2.24) is 14.3 Å². The lowest BCUT2D eigenvalue weighted by atomic mass is 10.1. The Labute approximate surface area is 204 Å². The first-order valence-corrected chi connectivity index (χ1v) is 12.7. The van der Waals surface area contributed by atoms with Crippen LogP contribution in [0.3, 0.4) is 0 Å². The van der Waals surface area contributed by atoms with Crippen molar-refractivity contribution >= 4 is 39.9 Å². The maximum atomic E-state index is 13.4. The van der Waals surface area contributed by atoms with Gasteiger partial charge in [0, 0.05) is 50.7 Å². The Kier molecular flexibility index (Phi) is 6.51. The van der Waals surface area contributed by atoms with Crippen LogP contribution in [0.25, 0.3) is 0 Å². The first kappa shape index (κ1) is 22.2. The molecule has 0 N–H and O–H groups in total. The molecule has 1 atom stereocenters. The number of nitrogens with zero attached hydrogens (tertiary/aromatic N) is 5. The Bertz CT molecular complexity index is 1110. The summed E-state index contributed by atoms with van der Waals surface area (Å²) in [5, 5.41) is 1.62. The van der Waals surface area contributed by atoms with Crippen LogP contribution < -0.4 is 9.80 Å². The van der Waals surface area contributed by atoms with E-state index in [1.807, 2.05) is 29.2 Å². The fourth-order valence-corrected chi connectivity index (χ4v) is 5.68. The number of carbonyl (C=O) groups excluding carboxylic acids is 1. The Balaban J connectivity index is 1.22. The van der Waals surface area contributed by atoms with Gasteiger partial charge in [0.25, 0.3) is 0 Å². The minimum absolute atomic E-state index is 0.142. The van der Waals surface area contributed by atoms with Gasteiger partial charge >= 0.3 is 0 Å². The summed E-state index contributed by atoms with van der Waals surface area (Å²) < 4.78 is 4.58. The third-order valence-corrected chi connectivity index (χ3v) is 7.62. The summed E-state index contributed by atoms with van der Waals surface area (Å²) >= 11 is 7.77. The van der Waals surface area contributed by atoms with Crippen LogP contribution in [0.1, 0.15) is 29.8 Å². The van der Waals surface area contributed by atoms with Crippen LogP contribution in [-0.2, 0) is 11.2 Å². The highest BCUT2D eigenvalue weighted by atomic mass is 35.5. The lowest BCUT2D eigenvalue weighted by molar-refractivity contribution is -0.132. The average molecular weight is 482 g/mol. The highest BCUT2D eigenvalue weighted by molar-refractivity contribution is 7.09. The Morgan fingerprint density at radius 3 is 2.58 bits per heavy atom. The van der Waals surface area contributed by atoms with E-state index in [4.69, 9.17) is 16.6 Å². The number of amides is 1. The smallest absolute Gasteiger partial charge is 0.245 e.